The molecule has 0 radical (unpaired) electrons. The number of nitrogens with one attached hydrogen (secondary N) is 2. The molecule has 292 valence electrons. The van der Waals surface area contributed by atoms with Gasteiger partial charge in [-0.05, 0) is 92.9 Å². The predicted octanol–water partition coefficient (Wildman–Crippen LogP) is 9.78. The second-order valence-corrected chi connectivity index (χ2v) is 14.6. The van der Waals surface area contributed by atoms with E-state index in [1.807, 2.05) is 78.6 Å². The highest BCUT2D eigenvalue weighted by molar-refractivity contribution is 5.83. The Bertz CT molecular complexity index is 1830. The zero-order valence-corrected chi connectivity index (χ0v) is 33.3. The van der Waals surface area contributed by atoms with Crippen molar-refractivity contribution in [3.8, 4) is 11.8 Å². The largest absolute Gasteiger partial charge is 0.393 e. The highest BCUT2D eigenvalue weighted by atomic mass is 16.3. The summed E-state index contributed by atoms with van der Waals surface area (Å²) in [6.07, 6.45) is 17.1. The van der Waals surface area contributed by atoms with E-state index in [1.165, 1.54) is 45.1 Å². The van der Waals surface area contributed by atoms with Crippen molar-refractivity contribution in [2.24, 2.45) is 0 Å². The molecule has 1 heterocycles. The van der Waals surface area contributed by atoms with Crippen LogP contribution in [-0.2, 0) is 17.9 Å². The number of aliphatic hydroxyl groups excluding tert-OH is 1. The number of aliphatic hydroxyl groups is 1. The van der Waals surface area contributed by atoms with Crippen LogP contribution in [0.1, 0.15) is 131 Å². The number of carbonyl (C=O) groups is 1. The number of anilines is 1. The molecule has 1 saturated carbocycles. The lowest BCUT2D eigenvalue weighted by atomic mass is 9.92. The molecule has 3 N–H and O–H groups in total. The molecule has 0 bridgehead atoms. The van der Waals surface area contributed by atoms with E-state index in [4.69, 9.17) is 4.98 Å². The van der Waals surface area contributed by atoms with Gasteiger partial charge in [0.05, 0.1) is 18.0 Å². The quantitative estimate of drug-likeness (QED) is 0.0506. The van der Waals surface area contributed by atoms with Crippen LogP contribution in [0.2, 0.25) is 0 Å². The molecule has 1 aliphatic rings. The summed E-state index contributed by atoms with van der Waals surface area (Å²) in [5.41, 5.74) is 6.03. The summed E-state index contributed by atoms with van der Waals surface area (Å²) in [6.45, 7) is 9.13. The van der Waals surface area contributed by atoms with Crippen molar-refractivity contribution in [3.05, 3.63) is 131 Å². The molecule has 1 aromatic heterocycles. The van der Waals surface area contributed by atoms with Gasteiger partial charge in [0.2, 0.25) is 0 Å². The standard InChI is InChI=1S/C39H42N4O2.C9H21N/c1-30(34-19-10-6-11-20-34)37-38(40)43(35-21-23-36(45)24-22-35)29-41-39(37)42(27-32-15-8-5-9-16-32)28-33-18-13-17-31(26-33)14-7-3-2-4-12-25-44;1-3-4-5-6-7-8-9-10-2/h5-6,8-11,13,15-20,25-26,29,35-36,40,45H,1-4,12,21-24,27-28H2;10H,3-9H2,1-2H3. The minimum atomic E-state index is -0.272. The van der Waals surface area contributed by atoms with E-state index < -0.39 is 0 Å². The number of aromatic nitrogens is 2. The zero-order chi connectivity index (χ0) is 39.1. The Balaban J connectivity index is 0.000000592. The zero-order valence-electron chi connectivity index (χ0n) is 33.3. The number of aldehydes is 1. The first-order valence-electron chi connectivity index (χ1n) is 20.5. The molecule has 5 rings (SSSR count). The lowest BCUT2D eigenvalue weighted by Crippen LogP contribution is -2.34. The fourth-order valence-electron chi connectivity index (χ4n) is 7.05. The van der Waals surface area contributed by atoms with Gasteiger partial charge in [-0.2, -0.15) is 0 Å². The van der Waals surface area contributed by atoms with Crippen molar-refractivity contribution in [2.45, 2.75) is 122 Å². The molecule has 0 amide bonds. The summed E-state index contributed by atoms with van der Waals surface area (Å²) >= 11 is 0. The van der Waals surface area contributed by atoms with Gasteiger partial charge in [0.1, 0.15) is 17.6 Å². The maximum atomic E-state index is 10.6. The van der Waals surface area contributed by atoms with Gasteiger partial charge in [0.25, 0.3) is 0 Å². The lowest BCUT2D eigenvalue weighted by Gasteiger charge is -2.31. The Hall–Kier alpha value is -4.77. The van der Waals surface area contributed by atoms with E-state index in [1.54, 1.807) is 0 Å². The van der Waals surface area contributed by atoms with Gasteiger partial charge in [-0.1, -0.05) is 130 Å². The van der Waals surface area contributed by atoms with E-state index in [9.17, 15) is 15.3 Å². The van der Waals surface area contributed by atoms with Crippen molar-refractivity contribution in [1.29, 1.82) is 5.41 Å². The third-order valence-electron chi connectivity index (χ3n) is 10.2. The number of unbranched alkanes of at least 4 members (excludes halogenated alkanes) is 8. The number of carbonyl (C=O) groups excluding carboxylic acids is 1. The van der Waals surface area contributed by atoms with Crippen molar-refractivity contribution < 1.29 is 9.90 Å². The lowest BCUT2D eigenvalue weighted by molar-refractivity contribution is -0.107. The van der Waals surface area contributed by atoms with E-state index in [0.717, 1.165) is 90.4 Å². The first kappa shape index (κ1) is 43.0. The number of hydrogen-bond donors (Lipinski definition) is 3. The van der Waals surface area contributed by atoms with Gasteiger partial charge in [0.15, 0.2) is 0 Å². The van der Waals surface area contributed by atoms with Gasteiger partial charge in [-0.25, -0.2) is 4.98 Å². The fourth-order valence-corrected chi connectivity index (χ4v) is 7.05. The van der Waals surface area contributed by atoms with E-state index in [2.05, 4.69) is 59.8 Å². The first-order chi connectivity index (χ1) is 26.9. The number of benzene rings is 3. The molecule has 0 aliphatic heterocycles. The average Bonchev–Trinajstić information content (AvgIpc) is 3.21. The van der Waals surface area contributed by atoms with Gasteiger partial charge in [-0.15, -0.1) is 0 Å². The Labute approximate surface area is 330 Å². The maximum absolute atomic E-state index is 10.6. The summed E-state index contributed by atoms with van der Waals surface area (Å²) in [7, 11) is 2.02. The molecule has 4 aromatic rings. The van der Waals surface area contributed by atoms with Gasteiger partial charge in [-0.3, -0.25) is 5.41 Å². The van der Waals surface area contributed by atoms with Crippen LogP contribution in [-0.4, -0.2) is 40.6 Å². The van der Waals surface area contributed by atoms with E-state index in [-0.39, 0.29) is 12.1 Å². The Morgan fingerprint density at radius 1 is 0.909 bits per heavy atom. The minimum Gasteiger partial charge on any atom is -0.393 e. The van der Waals surface area contributed by atoms with Gasteiger partial charge in [0, 0.05) is 37.5 Å². The van der Waals surface area contributed by atoms with Crippen molar-refractivity contribution in [1.82, 2.24) is 14.9 Å². The molecule has 0 saturated heterocycles. The Kier molecular flexibility index (Phi) is 19.2. The summed E-state index contributed by atoms with van der Waals surface area (Å²) in [5, 5.41) is 22.8. The highest BCUT2D eigenvalue weighted by Gasteiger charge is 2.25. The van der Waals surface area contributed by atoms with E-state index >= 15 is 0 Å². The van der Waals surface area contributed by atoms with Crippen LogP contribution in [0, 0.1) is 17.3 Å². The van der Waals surface area contributed by atoms with E-state index in [0.29, 0.717) is 25.0 Å². The molecule has 55 heavy (non-hydrogen) atoms. The summed E-state index contributed by atoms with van der Waals surface area (Å²) < 4.78 is 1.98. The van der Waals surface area contributed by atoms with Crippen LogP contribution in [0.4, 0.5) is 5.82 Å². The third-order valence-corrected chi connectivity index (χ3v) is 10.2. The van der Waals surface area contributed by atoms with Crippen LogP contribution in [0.5, 0.6) is 0 Å². The first-order valence-corrected chi connectivity index (χ1v) is 20.5. The molecule has 7 heteroatoms. The molecule has 0 unspecified atom stereocenters. The molecule has 0 atom stereocenters. The van der Waals surface area contributed by atoms with Gasteiger partial charge >= 0.3 is 0 Å². The van der Waals surface area contributed by atoms with Crippen LogP contribution in [0.15, 0.2) is 97.8 Å². The number of hydrogen-bond acceptors (Lipinski definition) is 6. The maximum Gasteiger partial charge on any atom is 0.142 e. The molecule has 0 spiro atoms. The smallest absolute Gasteiger partial charge is 0.142 e. The average molecular weight is 742 g/mol. The van der Waals surface area contributed by atoms with Crippen molar-refractivity contribution in [2.75, 3.05) is 18.5 Å². The molecule has 3 aromatic carbocycles. The summed E-state index contributed by atoms with van der Waals surface area (Å²) in [6, 6.07) is 28.8. The van der Waals surface area contributed by atoms with Crippen molar-refractivity contribution in [3.63, 3.8) is 0 Å². The molecule has 1 aliphatic carbocycles. The fraction of sp³-hybridized carbons (Fsp3) is 0.438. The summed E-state index contributed by atoms with van der Waals surface area (Å²) in [5.74, 6) is 7.27. The third kappa shape index (κ3) is 14.4. The number of nitrogens with zero attached hydrogens (tertiary/aromatic N) is 3. The monoisotopic (exact) mass is 741 g/mol. The Morgan fingerprint density at radius 3 is 2.29 bits per heavy atom. The van der Waals surface area contributed by atoms with Crippen LogP contribution in [0.25, 0.3) is 5.57 Å². The molecular formula is C48H63N5O2. The molecule has 1 fully saturated rings. The number of rotatable bonds is 19. The highest BCUT2D eigenvalue weighted by Crippen LogP contribution is 2.32. The molecule has 7 nitrogen and oxygen atoms in total. The van der Waals surface area contributed by atoms with Crippen molar-refractivity contribution >= 4 is 17.7 Å². The second kappa shape index (κ2) is 24.6. The molecular weight excluding hydrogens is 679 g/mol. The SMILES string of the molecule is C=C(c1ccccc1)c1c(N(Cc2ccccc2)Cc2cccc(C#CCCCCC=O)c2)ncn(C2CCC(O)CC2)c1=N.CCCCCCCCNC. The van der Waals surface area contributed by atoms with Crippen LogP contribution in [0.3, 0.4) is 0 Å². The van der Waals surface area contributed by atoms with Crippen LogP contribution >= 0.6 is 0 Å². The Morgan fingerprint density at radius 2 is 1.58 bits per heavy atom. The normalized spacial score (nSPS) is 14.9. The van der Waals surface area contributed by atoms with Gasteiger partial charge < -0.3 is 24.7 Å². The topological polar surface area (TPSA) is 94.2 Å². The minimum absolute atomic E-state index is 0.112. The predicted molar refractivity (Wildman–Crippen MR) is 228 cm³/mol. The van der Waals surface area contributed by atoms with Crippen LogP contribution < -0.4 is 15.7 Å². The summed E-state index contributed by atoms with van der Waals surface area (Å²) in [4.78, 5) is 17.9. The second-order valence-electron chi connectivity index (χ2n) is 14.6.